The first kappa shape index (κ1) is 27.9. The number of amides is 4. The minimum Gasteiger partial charge on any atom is -0.354 e. The molecule has 0 bridgehead atoms. The second kappa shape index (κ2) is 14.0. The van der Waals surface area contributed by atoms with Crippen LogP contribution in [-0.4, -0.2) is 48.8 Å². The van der Waals surface area contributed by atoms with Crippen molar-refractivity contribution >= 4 is 23.6 Å². The predicted molar refractivity (Wildman–Crippen MR) is 118 cm³/mol. The summed E-state index contributed by atoms with van der Waals surface area (Å²) in [4.78, 5) is 49.8. The SMILES string of the molecule is CC(C)CNC(=O)C(CC(C)C)NC(=O)C(=O)NC(CC(C)C)C(=O)NCC(C)C. The molecule has 8 nitrogen and oxygen atoms in total. The van der Waals surface area contributed by atoms with E-state index in [1.807, 2.05) is 55.4 Å². The Morgan fingerprint density at radius 2 is 0.833 bits per heavy atom. The van der Waals surface area contributed by atoms with Gasteiger partial charge in [0.25, 0.3) is 0 Å². The van der Waals surface area contributed by atoms with Crippen molar-refractivity contribution in [2.45, 2.75) is 80.3 Å². The van der Waals surface area contributed by atoms with Crippen molar-refractivity contribution in [3.05, 3.63) is 0 Å². The van der Waals surface area contributed by atoms with Crippen LogP contribution in [0.2, 0.25) is 0 Å². The molecule has 0 rings (SSSR count). The van der Waals surface area contributed by atoms with Crippen molar-refractivity contribution < 1.29 is 19.2 Å². The van der Waals surface area contributed by atoms with Crippen LogP contribution in [0.5, 0.6) is 0 Å². The summed E-state index contributed by atoms with van der Waals surface area (Å²) >= 11 is 0. The molecule has 0 aliphatic carbocycles. The van der Waals surface area contributed by atoms with Gasteiger partial charge in [-0.25, -0.2) is 0 Å². The van der Waals surface area contributed by atoms with E-state index in [1.54, 1.807) is 0 Å². The molecule has 0 fully saturated rings. The number of carbonyl (C=O) groups is 4. The largest absolute Gasteiger partial charge is 0.354 e. The molecule has 0 aromatic rings. The van der Waals surface area contributed by atoms with Gasteiger partial charge in [-0.2, -0.15) is 0 Å². The van der Waals surface area contributed by atoms with Crippen molar-refractivity contribution in [3.8, 4) is 0 Å². The predicted octanol–water partition coefficient (Wildman–Crippen LogP) is 1.59. The summed E-state index contributed by atoms with van der Waals surface area (Å²) in [5, 5.41) is 10.6. The molecule has 0 aliphatic rings. The molecule has 4 amide bonds. The molecule has 0 aromatic carbocycles. The average Bonchev–Trinajstić information content (AvgIpc) is 2.61. The van der Waals surface area contributed by atoms with Crippen LogP contribution in [0.3, 0.4) is 0 Å². The molecule has 0 spiro atoms. The van der Waals surface area contributed by atoms with E-state index in [2.05, 4.69) is 21.3 Å². The van der Waals surface area contributed by atoms with Crippen LogP contribution in [0, 0.1) is 23.7 Å². The smallest absolute Gasteiger partial charge is 0.309 e. The van der Waals surface area contributed by atoms with Crippen molar-refractivity contribution in [2.75, 3.05) is 13.1 Å². The second-order valence-electron chi connectivity index (χ2n) is 9.59. The Bertz CT molecular complexity index is 523. The van der Waals surface area contributed by atoms with Crippen molar-refractivity contribution in [1.82, 2.24) is 21.3 Å². The molecular weight excluding hydrogens is 384 g/mol. The van der Waals surface area contributed by atoms with Gasteiger partial charge in [0.15, 0.2) is 0 Å². The van der Waals surface area contributed by atoms with Gasteiger partial charge >= 0.3 is 11.8 Å². The van der Waals surface area contributed by atoms with Gasteiger partial charge < -0.3 is 21.3 Å². The van der Waals surface area contributed by atoms with Crippen molar-refractivity contribution in [1.29, 1.82) is 0 Å². The average molecular weight is 427 g/mol. The fraction of sp³-hybridized carbons (Fsp3) is 0.818. The van der Waals surface area contributed by atoms with Gasteiger partial charge in [-0.3, -0.25) is 19.2 Å². The lowest BCUT2D eigenvalue weighted by atomic mass is 10.0. The van der Waals surface area contributed by atoms with E-state index in [1.165, 1.54) is 0 Å². The molecule has 174 valence electrons. The Kier molecular flexibility index (Phi) is 13.0. The third kappa shape index (κ3) is 12.4. The standard InChI is InChI=1S/C22H42N4O4/c1-13(2)9-17(19(27)23-11-15(5)6)25-21(29)22(30)26-18(10-14(3)4)20(28)24-12-16(7)8/h13-18H,9-12H2,1-8H3,(H,23,27)(H,24,28)(H,25,29)(H,26,30). The van der Waals surface area contributed by atoms with E-state index in [0.717, 1.165) is 0 Å². The lowest BCUT2D eigenvalue weighted by Crippen LogP contribution is -2.55. The molecule has 0 radical (unpaired) electrons. The summed E-state index contributed by atoms with van der Waals surface area (Å²) in [6, 6.07) is -1.61. The summed E-state index contributed by atoms with van der Waals surface area (Å²) in [7, 11) is 0. The maximum atomic E-state index is 12.5. The molecule has 8 heteroatoms. The van der Waals surface area contributed by atoms with Crippen LogP contribution in [-0.2, 0) is 19.2 Å². The molecule has 4 N–H and O–H groups in total. The minimum atomic E-state index is -0.911. The highest BCUT2D eigenvalue weighted by Crippen LogP contribution is 2.07. The van der Waals surface area contributed by atoms with E-state index in [9.17, 15) is 19.2 Å². The van der Waals surface area contributed by atoms with Crippen LogP contribution in [0.25, 0.3) is 0 Å². The van der Waals surface area contributed by atoms with E-state index in [-0.39, 0.29) is 35.5 Å². The first-order valence-corrected chi connectivity index (χ1v) is 11.0. The zero-order valence-corrected chi connectivity index (χ0v) is 19.9. The Hall–Kier alpha value is -2.12. The van der Waals surface area contributed by atoms with Crippen LogP contribution in [0.15, 0.2) is 0 Å². The van der Waals surface area contributed by atoms with E-state index in [4.69, 9.17) is 0 Å². The first-order chi connectivity index (χ1) is 13.8. The Balaban J connectivity index is 5.08. The topological polar surface area (TPSA) is 116 Å². The van der Waals surface area contributed by atoms with E-state index < -0.39 is 23.9 Å². The zero-order valence-electron chi connectivity index (χ0n) is 19.9. The van der Waals surface area contributed by atoms with Crippen molar-refractivity contribution in [3.63, 3.8) is 0 Å². The van der Waals surface area contributed by atoms with Gasteiger partial charge in [-0.05, 0) is 36.5 Å². The highest BCUT2D eigenvalue weighted by Gasteiger charge is 2.28. The molecule has 30 heavy (non-hydrogen) atoms. The minimum absolute atomic E-state index is 0.152. The Labute approximate surface area is 181 Å². The van der Waals surface area contributed by atoms with Crippen LogP contribution >= 0.6 is 0 Å². The highest BCUT2D eigenvalue weighted by atomic mass is 16.2. The zero-order chi connectivity index (χ0) is 23.4. The number of nitrogens with one attached hydrogen (secondary N) is 4. The Morgan fingerprint density at radius 3 is 1.07 bits per heavy atom. The second-order valence-corrected chi connectivity index (χ2v) is 9.59. The lowest BCUT2D eigenvalue weighted by Gasteiger charge is -2.23. The van der Waals surface area contributed by atoms with Gasteiger partial charge in [0.1, 0.15) is 12.1 Å². The molecule has 0 aromatic heterocycles. The molecule has 0 aliphatic heterocycles. The summed E-state index contributed by atoms with van der Waals surface area (Å²) in [6.45, 7) is 16.6. The lowest BCUT2D eigenvalue weighted by molar-refractivity contribution is -0.142. The third-order valence-corrected chi connectivity index (χ3v) is 4.23. The highest BCUT2D eigenvalue weighted by molar-refractivity contribution is 6.35. The van der Waals surface area contributed by atoms with Crippen LogP contribution < -0.4 is 21.3 Å². The maximum absolute atomic E-state index is 12.5. The maximum Gasteiger partial charge on any atom is 0.309 e. The fourth-order valence-electron chi connectivity index (χ4n) is 2.71. The fourth-order valence-corrected chi connectivity index (χ4v) is 2.71. The quantitative estimate of drug-likeness (QED) is 0.355. The van der Waals surface area contributed by atoms with Gasteiger partial charge in [0.05, 0.1) is 0 Å². The summed E-state index contributed by atoms with van der Waals surface area (Å²) < 4.78 is 0. The van der Waals surface area contributed by atoms with Gasteiger partial charge in [-0.15, -0.1) is 0 Å². The molecule has 0 saturated heterocycles. The summed E-state index contributed by atoms with van der Waals surface area (Å²) in [6.07, 6.45) is 0.820. The van der Waals surface area contributed by atoms with E-state index in [0.29, 0.717) is 25.9 Å². The summed E-state index contributed by atoms with van der Waals surface area (Å²) in [5.41, 5.74) is 0. The normalized spacial score (nSPS) is 13.3. The van der Waals surface area contributed by atoms with Gasteiger partial charge in [0.2, 0.25) is 11.8 Å². The van der Waals surface area contributed by atoms with E-state index >= 15 is 0 Å². The molecule has 0 saturated carbocycles. The van der Waals surface area contributed by atoms with Crippen molar-refractivity contribution in [2.24, 2.45) is 23.7 Å². The van der Waals surface area contributed by atoms with Crippen LogP contribution in [0.4, 0.5) is 0 Å². The Morgan fingerprint density at radius 1 is 0.533 bits per heavy atom. The number of hydrogen-bond donors (Lipinski definition) is 4. The number of carbonyl (C=O) groups excluding carboxylic acids is 4. The van der Waals surface area contributed by atoms with Crippen LogP contribution in [0.1, 0.15) is 68.2 Å². The summed E-state index contributed by atoms with van der Waals surface area (Å²) in [5.74, 6) is -1.60. The van der Waals surface area contributed by atoms with Gasteiger partial charge in [0, 0.05) is 13.1 Å². The first-order valence-electron chi connectivity index (χ1n) is 11.0. The molecule has 2 unspecified atom stereocenters. The number of rotatable bonds is 12. The molecular formula is C22H42N4O4. The molecule has 0 heterocycles. The number of hydrogen-bond acceptors (Lipinski definition) is 4. The van der Waals surface area contributed by atoms with Gasteiger partial charge in [-0.1, -0.05) is 55.4 Å². The monoisotopic (exact) mass is 426 g/mol. The molecule has 2 atom stereocenters. The third-order valence-electron chi connectivity index (χ3n) is 4.23.